The molecule has 0 saturated carbocycles. The van der Waals surface area contributed by atoms with E-state index in [9.17, 15) is 9.59 Å². The molecular formula is C16H13BrN2O3. The van der Waals surface area contributed by atoms with Gasteiger partial charge in [-0.25, -0.2) is 0 Å². The summed E-state index contributed by atoms with van der Waals surface area (Å²) in [6.07, 6.45) is 4.05. The SMILES string of the molecule is O=Cc1cn(CC(=O)NCc2ccco2)c2ccc(Br)cc12. The van der Waals surface area contributed by atoms with Crippen molar-refractivity contribution in [3.8, 4) is 0 Å². The minimum absolute atomic E-state index is 0.145. The first kappa shape index (κ1) is 14.6. The fraction of sp³-hybridized carbons (Fsp3) is 0.125. The molecule has 1 amide bonds. The molecule has 2 aromatic heterocycles. The van der Waals surface area contributed by atoms with Gasteiger partial charge in [-0.1, -0.05) is 15.9 Å². The van der Waals surface area contributed by atoms with Crippen LogP contribution < -0.4 is 5.32 Å². The van der Waals surface area contributed by atoms with Crippen LogP contribution in [0, 0.1) is 0 Å². The summed E-state index contributed by atoms with van der Waals surface area (Å²) in [6, 6.07) is 9.21. The Morgan fingerprint density at radius 2 is 2.23 bits per heavy atom. The topological polar surface area (TPSA) is 64.2 Å². The molecule has 22 heavy (non-hydrogen) atoms. The number of rotatable bonds is 5. The number of carbonyl (C=O) groups is 2. The molecule has 1 aromatic carbocycles. The third-order valence-electron chi connectivity index (χ3n) is 3.35. The number of furan rings is 1. The van der Waals surface area contributed by atoms with Crippen molar-refractivity contribution >= 4 is 39.0 Å². The zero-order valence-electron chi connectivity index (χ0n) is 11.6. The Morgan fingerprint density at radius 3 is 2.95 bits per heavy atom. The van der Waals surface area contributed by atoms with E-state index in [1.54, 1.807) is 29.2 Å². The highest BCUT2D eigenvalue weighted by atomic mass is 79.9. The van der Waals surface area contributed by atoms with Gasteiger partial charge in [-0.05, 0) is 30.3 Å². The molecule has 0 atom stereocenters. The number of fused-ring (bicyclic) bond motifs is 1. The van der Waals surface area contributed by atoms with Crippen molar-refractivity contribution in [1.82, 2.24) is 9.88 Å². The van der Waals surface area contributed by atoms with E-state index in [1.165, 1.54) is 0 Å². The lowest BCUT2D eigenvalue weighted by Gasteiger charge is -2.06. The number of benzene rings is 1. The molecule has 0 saturated heterocycles. The summed E-state index contributed by atoms with van der Waals surface area (Å²) >= 11 is 3.39. The second kappa shape index (κ2) is 6.19. The highest BCUT2D eigenvalue weighted by Gasteiger charge is 2.11. The van der Waals surface area contributed by atoms with Crippen LogP contribution in [0.2, 0.25) is 0 Å². The Balaban J connectivity index is 1.78. The number of nitrogens with zero attached hydrogens (tertiary/aromatic N) is 1. The normalized spacial score (nSPS) is 10.8. The lowest BCUT2D eigenvalue weighted by Crippen LogP contribution is -2.26. The molecule has 0 aliphatic rings. The van der Waals surface area contributed by atoms with Crippen LogP contribution in [-0.4, -0.2) is 16.8 Å². The van der Waals surface area contributed by atoms with Gasteiger partial charge in [0.15, 0.2) is 6.29 Å². The molecule has 6 heteroatoms. The Labute approximate surface area is 135 Å². The van der Waals surface area contributed by atoms with Gasteiger partial charge in [0, 0.05) is 27.1 Å². The van der Waals surface area contributed by atoms with Crippen molar-refractivity contribution < 1.29 is 14.0 Å². The maximum Gasteiger partial charge on any atom is 0.240 e. The van der Waals surface area contributed by atoms with E-state index in [0.717, 1.165) is 21.7 Å². The monoisotopic (exact) mass is 360 g/mol. The van der Waals surface area contributed by atoms with E-state index in [2.05, 4.69) is 21.2 Å². The number of aromatic nitrogens is 1. The number of nitrogens with one attached hydrogen (secondary N) is 1. The lowest BCUT2D eigenvalue weighted by atomic mass is 10.2. The second-order valence-electron chi connectivity index (χ2n) is 4.85. The standard InChI is InChI=1S/C16H13BrN2O3/c17-12-3-4-15-14(6-12)11(10-20)8-19(15)9-16(21)18-7-13-2-1-5-22-13/h1-6,8,10H,7,9H2,(H,18,21). The smallest absolute Gasteiger partial charge is 0.240 e. The molecule has 1 N–H and O–H groups in total. The van der Waals surface area contributed by atoms with Gasteiger partial charge in [-0.2, -0.15) is 0 Å². The fourth-order valence-corrected chi connectivity index (χ4v) is 2.69. The summed E-state index contributed by atoms with van der Waals surface area (Å²) < 4.78 is 7.82. The predicted octanol–water partition coefficient (Wildman–Crippen LogP) is 3.13. The zero-order valence-corrected chi connectivity index (χ0v) is 13.2. The molecule has 0 radical (unpaired) electrons. The molecule has 0 unspecified atom stereocenters. The summed E-state index contributed by atoms with van der Waals surface area (Å²) in [5.74, 6) is 0.553. The van der Waals surface area contributed by atoms with E-state index in [1.807, 2.05) is 18.2 Å². The predicted molar refractivity (Wildman–Crippen MR) is 85.6 cm³/mol. The molecule has 0 fully saturated rings. The van der Waals surface area contributed by atoms with E-state index < -0.39 is 0 Å². The van der Waals surface area contributed by atoms with Gasteiger partial charge in [0.1, 0.15) is 12.3 Å². The molecule has 0 bridgehead atoms. The van der Waals surface area contributed by atoms with E-state index >= 15 is 0 Å². The Bertz CT molecular complexity index is 821. The van der Waals surface area contributed by atoms with Gasteiger partial charge >= 0.3 is 0 Å². The highest BCUT2D eigenvalue weighted by Crippen LogP contribution is 2.24. The van der Waals surface area contributed by atoms with Crippen molar-refractivity contribution in [3.63, 3.8) is 0 Å². The first-order valence-corrected chi connectivity index (χ1v) is 7.49. The van der Waals surface area contributed by atoms with Crippen LogP contribution >= 0.6 is 15.9 Å². The Morgan fingerprint density at radius 1 is 1.36 bits per heavy atom. The van der Waals surface area contributed by atoms with Gasteiger partial charge in [-0.3, -0.25) is 9.59 Å². The molecule has 0 aliphatic carbocycles. The van der Waals surface area contributed by atoms with E-state index in [4.69, 9.17) is 4.42 Å². The third kappa shape index (κ3) is 2.96. The fourth-order valence-electron chi connectivity index (χ4n) is 2.33. The van der Waals surface area contributed by atoms with Crippen molar-refractivity contribution in [1.29, 1.82) is 0 Å². The minimum atomic E-state index is -0.145. The first-order valence-electron chi connectivity index (χ1n) is 6.70. The summed E-state index contributed by atoms with van der Waals surface area (Å²) in [5.41, 5.74) is 1.41. The third-order valence-corrected chi connectivity index (χ3v) is 3.85. The highest BCUT2D eigenvalue weighted by molar-refractivity contribution is 9.10. The average molecular weight is 361 g/mol. The van der Waals surface area contributed by atoms with Gasteiger partial charge in [0.25, 0.3) is 0 Å². The zero-order chi connectivity index (χ0) is 15.5. The quantitative estimate of drug-likeness (QED) is 0.711. The van der Waals surface area contributed by atoms with E-state index in [0.29, 0.717) is 17.9 Å². The summed E-state index contributed by atoms with van der Waals surface area (Å²) in [7, 11) is 0. The van der Waals surface area contributed by atoms with Crippen LogP contribution in [0.25, 0.3) is 10.9 Å². The van der Waals surface area contributed by atoms with Crippen molar-refractivity contribution in [2.75, 3.05) is 0 Å². The van der Waals surface area contributed by atoms with Crippen molar-refractivity contribution in [2.24, 2.45) is 0 Å². The largest absolute Gasteiger partial charge is 0.467 e. The van der Waals surface area contributed by atoms with Crippen LogP contribution in [0.5, 0.6) is 0 Å². The molecule has 0 aliphatic heterocycles. The Hall–Kier alpha value is -2.34. The number of hydrogen-bond donors (Lipinski definition) is 1. The van der Waals surface area contributed by atoms with Crippen LogP contribution in [-0.2, 0) is 17.9 Å². The molecular weight excluding hydrogens is 348 g/mol. The summed E-state index contributed by atoms with van der Waals surface area (Å²) in [5, 5.41) is 3.61. The van der Waals surface area contributed by atoms with Crippen LogP contribution in [0.1, 0.15) is 16.1 Å². The van der Waals surface area contributed by atoms with Gasteiger partial charge in [0.05, 0.1) is 12.8 Å². The van der Waals surface area contributed by atoms with Gasteiger partial charge in [0.2, 0.25) is 5.91 Å². The minimum Gasteiger partial charge on any atom is -0.467 e. The van der Waals surface area contributed by atoms with Gasteiger partial charge in [-0.15, -0.1) is 0 Å². The number of hydrogen-bond acceptors (Lipinski definition) is 3. The first-order chi connectivity index (χ1) is 10.7. The lowest BCUT2D eigenvalue weighted by molar-refractivity contribution is -0.121. The number of aldehydes is 1. The number of halogens is 1. The number of amides is 1. The number of carbonyl (C=O) groups excluding carboxylic acids is 2. The summed E-state index contributed by atoms with van der Waals surface area (Å²) in [4.78, 5) is 23.2. The molecule has 5 nitrogen and oxygen atoms in total. The molecule has 0 spiro atoms. The van der Waals surface area contributed by atoms with Gasteiger partial charge < -0.3 is 14.3 Å². The second-order valence-corrected chi connectivity index (χ2v) is 5.76. The molecule has 112 valence electrons. The Kier molecular flexibility index (Phi) is 4.11. The van der Waals surface area contributed by atoms with Crippen LogP contribution in [0.3, 0.4) is 0 Å². The average Bonchev–Trinajstić information content (AvgIpc) is 3.13. The van der Waals surface area contributed by atoms with E-state index in [-0.39, 0.29) is 12.5 Å². The maximum absolute atomic E-state index is 12.0. The van der Waals surface area contributed by atoms with Crippen molar-refractivity contribution in [2.45, 2.75) is 13.1 Å². The maximum atomic E-state index is 12.0. The van der Waals surface area contributed by atoms with Crippen molar-refractivity contribution in [3.05, 3.63) is 58.6 Å². The van der Waals surface area contributed by atoms with Crippen LogP contribution in [0.15, 0.2) is 51.7 Å². The molecule has 3 rings (SSSR count). The summed E-state index contributed by atoms with van der Waals surface area (Å²) in [6.45, 7) is 0.490. The molecule has 3 aromatic rings. The molecule has 2 heterocycles. The van der Waals surface area contributed by atoms with Crippen LogP contribution in [0.4, 0.5) is 0 Å².